The second kappa shape index (κ2) is 5.57. The number of ketones is 1. The van der Waals surface area contributed by atoms with Crippen LogP contribution in [0.4, 0.5) is 0 Å². The van der Waals surface area contributed by atoms with Gasteiger partial charge < -0.3 is 0 Å². The molecular formula is C12H8BrClOS2. The van der Waals surface area contributed by atoms with Crippen LogP contribution in [-0.2, 0) is 0 Å². The van der Waals surface area contributed by atoms with Crippen LogP contribution in [0.5, 0.6) is 0 Å². The summed E-state index contributed by atoms with van der Waals surface area (Å²) in [7, 11) is 0. The van der Waals surface area contributed by atoms with Gasteiger partial charge in [-0.05, 0) is 52.5 Å². The molecule has 5 heteroatoms. The number of benzene rings is 1. The summed E-state index contributed by atoms with van der Waals surface area (Å²) in [5.74, 6) is 0.00949. The van der Waals surface area contributed by atoms with Crippen molar-refractivity contribution in [3.8, 4) is 0 Å². The molecule has 0 radical (unpaired) electrons. The number of rotatable bonds is 3. The topological polar surface area (TPSA) is 17.1 Å². The van der Waals surface area contributed by atoms with Gasteiger partial charge in [-0.25, -0.2) is 0 Å². The molecule has 0 amide bonds. The van der Waals surface area contributed by atoms with Gasteiger partial charge in [-0.3, -0.25) is 4.79 Å². The normalized spacial score (nSPS) is 10.5. The molecule has 0 N–H and O–H groups in total. The molecule has 2 rings (SSSR count). The number of thiophene rings is 1. The van der Waals surface area contributed by atoms with Crippen molar-refractivity contribution in [2.45, 2.75) is 4.90 Å². The van der Waals surface area contributed by atoms with E-state index >= 15 is 0 Å². The van der Waals surface area contributed by atoms with Crippen LogP contribution in [-0.4, -0.2) is 12.0 Å². The van der Waals surface area contributed by atoms with E-state index in [2.05, 4.69) is 15.9 Å². The Balaban J connectivity index is 2.30. The van der Waals surface area contributed by atoms with E-state index in [9.17, 15) is 4.79 Å². The van der Waals surface area contributed by atoms with Crippen molar-refractivity contribution < 1.29 is 4.79 Å². The first-order valence-electron chi connectivity index (χ1n) is 4.75. The van der Waals surface area contributed by atoms with Crippen molar-refractivity contribution in [1.29, 1.82) is 0 Å². The van der Waals surface area contributed by atoms with Gasteiger partial charge in [0.15, 0.2) is 0 Å². The highest BCUT2D eigenvalue weighted by Crippen LogP contribution is 2.33. The largest absolute Gasteiger partial charge is 0.288 e. The lowest BCUT2D eigenvalue weighted by Gasteiger charge is -1.99. The first-order chi connectivity index (χ1) is 8.11. The van der Waals surface area contributed by atoms with E-state index in [0.717, 1.165) is 9.37 Å². The fourth-order valence-corrected chi connectivity index (χ4v) is 3.42. The number of carbonyl (C=O) groups excluding carboxylic acids is 1. The molecule has 1 nitrogen and oxygen atoms in total. The number of thioether (sulfide) groups is 1. The molecule has 0 aliphatic rings. The Kier molecular flexibility index (Phi) is 4.31. The summed E-state index contributed by atoms with van der Waals surface area (Å²) in [6.45, 7) is 0. The highest BCUT2D eigenvalue weighted by atomic mass is 79.9. The van der Waals surface area contributed by atoms with Gasteiger partial charge in [-0.1, -0.05) is 11.6 Å². The Morgan fingerprint density at radius 3 is 2.47 bits per heavy atom. The van der Waals surface area contributed by atoms with Gasteiger partial charge in [0.1, 0.15) is 4.34 Å². The van der Waals surface area contributed by atoms with Gasteiger partial charge in [0.25, 0.3) is 0 Å². The standard InChI is InChI=1S/C12H8BrClOS2/c1-16-8-4-2-7(3-5-8)11(15)10-6-9(13)12(14)17-10/h2-6H,1H3. The van der Waals surface area contributed by atoms with Gasteiger partial charge in [0.2, 0.25) is 5.78 Å². The molecule has 1 aromatic heterocycles. The van der Waals surface area contributed by atoms with Crippen LogP contribution in [0.1, 0.15) is 15.2 Å². The number of hydrogen-bond donors (Lipinski definition) is 0. The van der Waals surface area contributed by atoms with Crippen molar-refractivity contribution in [2.24, 2.45) is 0 Å². The fourth-order valence-electron chi connectivity index (χ4n) is 1.34. The zero-order valence-electron chi connectivity index (χ0n) is 8.87. The van der Waals surface area contributed by atoms with Crippen LogP contribution in [0.3, 0.4) is 0 Å². The summed E-state index contributed by atoms with van der Waals surface area (Å²) in [4.78, 5) is 13.9. The Morgan fingerprint density at radius 1 is 1.35 bits per heavy atom. The van der Waals surface area contributed by atoms with E-state index in [1.165, 1.54) is 11.3 Å². The van der Waals surface area contributed by atoms with E-state index in [-0.39, 0.29) is 5.78 Å². The average molecular weight is 348 g/mol. The second-order valence-electron chi connectivity index (χ2n) is 3.29. The summed E-state index contributed by atoms with van der Waals surface area (Å²) in [5.41, 5.74) is 0.688. The molecule has 2 aromatic rings. The maximum atomic E-state index is 12.1. The Morgan fingerprint density at radius 2 is 2.00 bits per heavy atom. The average Bonchev–Trinajstić information content (AvgIpc) is 2.69. The van der Waals surface area contributed by atoms with Crippen molar-refractivity contribution in [2.75, 3.05) is 6.26 Å². The summed E-state index contributed by atoms with van der Waals surface area (Å²) < 4.78 is 1.38. The summed E-state index contributed by atoms with van der Waals surface area (Å²) >= 11 is 12.2. The molecule has 0 spiro atoms. The van der Waals surface area contributed by atoms with Gasteiger partial charge in [-0.2, -0.15) is 0 Å². The minimum Gasteiger partial charge on any atom is -0.288 e. The van der Waals surface area contributed by atoms with Crippen molar-refractivity contribution in [3.63, 3.8) is 0 Å². The molecule has 0 bridgehead atoms. The predicted molar refractivity (Wildman–Crippen MR) is 78.7 cm³/mol. The maximum absolute atomic E-state index is 12.1. The first-order valence-corrected chi connectivity index (χ1v) is 7.96. The van der Waals surface area contributed by atoms with Crippen LogP contribution in [0.2, 0.25) is 4.34 Å². The molecule has 0 saturated heterocycles. The second-order valence-corrected chi connectivity index (χ2v) is 6.68. The van der Waals surface area contributed by atoms with Crippen LogP contribution in [0.15, 0.2) is 39.7 Å². The lowest BCUT2D eigenvalue weighted by atomic mass is 10.1. The first kappa shape index (κ1) is 13.1. The molecule has 1 heterocycles. The molecule has 0 fully saturated rings. The molecule has 0 aliphatic carbocycles. The minimum absolute atomic E-state index is 0.00949. The molecule has 17 heavy (non-hydrogen) atoms. The maximum Gasteiger partial charge on any atom is 0.203 e. The Labute approximate surface area is 121 Å². The number of carbonyl (C=O) groups is 1. The van der Waals surface area contributed by atoms with E-state index in [1.807, 2.05) is 30.5 Å². The lowest BCUT2D eigenvalue weighted by molar-refractivity contribution is 0.104. The molecule has 0 atom stereocenters. The highest BCUT2D eigenvalue weighted by molar-refractivity contribution is 9.10. The van der Waals surface area contributed by atoms with E-state index in [4.69, 9.17) is 11.6 Å². The zero-order valence-corrected chi connectivity index (χ0v) is 12.8. The van der Waals surface area contributed by atoms with Crippen LogP contribution < -0.4 is 0 Å². The number of hydrogen-bond acceptors (Lipinski definition) is 3. The Hall–Kier alpha value is -0.290. The molecule has 0 aliphatic heterocycles. The van der Waals surface area contributed by atoms with Crippen LogP contribution in [0.25, 0.3) is 0 Å². The minimum atomic E-state index is 0.00949. The third-order valence-electron chi connectivity index (χ3n) is 2.22. The van der Waals surface area contributed by atoms with E-state index in [0.29, 0.717) is 14.8 Å². The summed E-state index contributed by atoms with van der Waals surface area (Å²) in [6, 6.07) is 9.34. The summed E-state index contributed by atoms with van der Waals surface area (Å²) in [5, 5.41) is 0. The van der Waals surface area contributed by atoms with Crippen molar-refractivity contribution in [3.05, 3.63) is 49.6 Å². The van der Waals surface area contributed by atoms with E-state index in [1.54, 1.807) is 17.8 Å². The van der Waals surface area contributed by atoms with Gasteiger partial charge in [-0.15, -0.1) is 23.1 Å². The predicted octanol–water partition coefficient (Wildman–Crippen LogP) is 5.12. The smallest absolute Gasteiger partial charge is 0.203 e. The SMILES string of the molecule is CSc1ccc(C(=O)c2cc(Br)c(Cl)s2)cc1. The number of halogens is 2. The van der Waals surface area contributed by atoms with Crippen LogP contribution >= 0.6 is 50.6 Å². The third kappa shape index (κ3) is 2.94. The molecule has 1 aromatic carbocycles. The molecular weight excluding hydrogens is 340 g/mol. The van der Waals surface area contributed by atoms with Crippen molar-refractivity contribution >= 4 is 56.4 Å². The zero-order chi connectivity index (χ0) is 12.4. The highest BCUT2D eigenvalue weighted by Gasteiger charge is 2.14. The van der Waals surface area contributed by atoms with Gasteiger partial charge >= 0.3 is 0 Å². The van der Waals surface area contributed by atoms with Crippen molar-refractivity contribution in [1.82, 2.24) is 0 Å². The quantitative estimate of drug-likeness (QED) is 0.566. The molecule has 0 unspecified atom stereocenters. The third-order valence-corrected chi connectivity index (χ3v) is 5.44. The van der Waals surface area contributed by atoms with Gasteiger partial charge in [0.05, 0.1) is 4.88 Å². The lowest BCUT2D eigenvalue weighted by Crippen LogP contribution is -1.97. The molecule has 0 saturated carbocycles. The summed E-state index contributed by atoms with van der Waals surface area (Å²) in [6.07, 6.45) is 2.01. The monoisotopic (exact) mass is 346 g/mol. The Bertz CT molecular complexity index is 529. The van der Waals surface area contributed by atoms with E-state index < -0.39 is 0 Å². The van der Waals surface area contributed by atoms with Crippen LogP contribution in [0, 0.1) is 0 Å². The fraction of sp³-hybridized carbons (Fsp3) is 0.0833. The molecule has 88 valence electrons. The van der Waals surface area contributed by atoms with Gasteiger partial charge in [0, 0.05) is 14.9 Å².